The van der Waals surface area contributed by atoms with Crippen LogP contribution in [0, 0.1) is 5.82 Å². The fraction of sp³-hybridized carbons (Fsp3) is 0.0800. The van der Waals surface area contributed by atoms with Gasteiger partial charge in [-0.2, -0.15) is 4.98 Å². The van der Waals surface area contributed by atoms with Crippen molar-refractivity contribution in [1.82, 2.24) is 19.5 Å². The molecule has 2 heterocycles. The first-order valence-corrected chi connectivity index (χ1v) is 10.5. The van der Waals surface area contributed by atoms with E-state index in [2.05, 4.69) is 15.0 Å². The minimum Gasteiger partial charge on any atom is -0.497 e. The molecule has 5 aromatic rings. The summed E-state index contributed by atoms with van der Waals surface area (Å²) in [7, 11) is 1.63. The average Bonchev–Trinajstić information content (AvgIpc) is 3.24. The van der Waals surface area contributed by atoms with Gasteiger partial charge in [-0.25, -0.2) is 14.4 Å². The minimum absolute atomic E-state index is 0.157. The van der Waals surface area contributed by atoms with E-state index in [0.717, 1.165) is 11.3 Å². The Morgan fingerprint density at radius 1 is 0.939 bits per heavy atom. The monoisotopic (exact) mass is 460 g/mol. The zero-order chi connectivity index (χ0) is 22.8. The number of rotatable bonds is 6. The van der Waals surface area contributed by atoms with Gasteiger partial charge in [0.05, 0.1) is 25.5 Å². The molecule has 8 heteroatoms. The number of hydrogen-bond acceptors (Lipinski definition) is 5. The van der Waals surface area contributed by atoms with Gasteiger partial charge in [0.1, 0.15) is 17.3 Å². The van der Waals surface area contributed by atoms with Gasteiger partial charge < -0.3 is 14.0 Å². The molecule has 33 heavy (non-hydrogen) atoms. The molecule has 0 fully saturated rings. The molecule has 0 radical (unpaired) electrons. The molecule has 2 aromatic heterocycles. The van der Waals surface area contributed by atoms with Crippen LogP contribution in [0.2, 0.25) is 5.02 Å². The fourth-order valence-electron chi connectivity index (χ4n) is 3.42. The standard InChI is InChI=1S/C25H18ClFN4O2/c1-32-18-10-7-16(8-11-18)14-31-15-28-22-24(31)29-23(20-13-17(26)9-12-21(20)27)30-25(22)33-19-5-3-2-4-6-19/h2-13,15H,14H2,1H3. The number of nitrogens with zero attached hydrogens (tertiary/aromatic N) is 4. The zero-order valence-corrected chi connectivity index (χ0v) is 18.3. The van der Waals surface area contributed by atoms with Gasteiger partial charge in [0.15, 0.2) is 17.0 Å². The van der Waals surface area contributed by atoms with Gasteiger partial charge >= 0.3 is 0 Å². The number of para-hydroxylation sites is 1. The molecule has 3 aromatic carbocycles. The number of hydrogen-bond donors (Lipinski definition) is 0. The quantitative estimate of drug-likeness (QED) is 0.305. The summed E-state index contributed by atoms with van der Waals surface area (Å²) in [5, 5.41) is 0.382. The summed E-state index contributed by atoms with van der Waals surface area (Å²) in [6.45, 7) is 0.500. The van der Waals surface area contributed by atoms with Gasteiger partial charge in [-0.1, -0.05) is 41.9 Å². The highest BCUT2D eigenvalue weighted by Gasteiger charge is 2.19. The van der Waals surface area contributed by atoms with Crippen molar-refractivity contribution in [3.05, 3.63) is 95.5 Å². The molecule has 0 N–H and O–H groups in total. The first-order valence-electron chi connectivity index (χ1n) is 10.1. The molecule has 0 aliphatic rings. The molecule has 0 atom stereocenters. The van der Waals surface area contributed by atoms with Crippen molar-refractivity contribution in [2.75, 3.05) is 7.11 Å². The summed E-state index contributed by atoms with van der Waals surface area (Å²) in [4.78, 5) is 13.6. The lowest BCUT2D eigenvalue weighted by Crippen LogP contribution is -2.02. The highest BCUT2D eigenvalue weighted by Crippen LogP contribution is 2.31. The lowest BCUT2D eigenvalue weighted by molar-refractivity contribution is 0.414. The molecular weight excluding hydrogens is 443 g/mol. The van der Waals surface area contributed by atoms with Gasteiger partial charge in [-0.15, -0.1) is 0 Å². The highest BCUT2D eigenvalue weighted by molar-refractivity contribution is 6.30. The first-order chi connectivity index (χ1) is 16.1. The van der Waals surface area contributed by atoms with Gasteiger partial charge in [0.25, 0.3) is 5.88 Å². The largest absolute Gasteiger partial charge is 0.497 e. The fourth-order valence-corrected chi connectivity index (χ4v) is 3.59. The van der Waals surface area contributed by atoms with Crippen LogP contribution in [0.25, 0.3) is 22.6 Å². The molecule has 5 rings (SSSR count). The second kappa shape index (κ2) is 8.88. The van der Waals surface area contributed by atoms with E-state index in [0.29, 0.717) is 28.5 Å². The summed E-state index contributed by atoms with van der Waals surface area (Å²) >= 11 is 6.12. The van der Waals surface area contributed by atoms with Crippen molar-refractivity contribution in [2.45, 2.75) is 6.54 Å². The van der Waals surface area contributed by atoms with Gasteiger partial charge in [-0.3, -0.25) is 0 Å². The van der Waals surface area contributed by atoms with E-state index in [1.807, 2.05) is 59.2 Å². The summed E-state index contributed by atoms with van der Waals surface area (Å²) in [5.41, 5.74) is 2.19. The highest BCUT2D eigenvalue weighted by atomic mass is 35.5. The van der Waals surface area contributed by atoms with Crippen molar-refractivity contribution >= 4 is 22.8 Å². The van der Waals surface area contributed by atoms with Crippen LogP contribution in [0.4, 0.5) is 4.39 Å². The molecule has 0 saturated heterocycles. The van der Waals surface area contributed by atoms with Crippen molar-refractivity contribution in [1.29, 1.82) is 0 Å². The SMILES string of the molecule is COc1ccc(Cn2cnc3c(Oc4ccccc4)nc(-c4cc(Cl)ccc4F)nc32)cc1. The van der Waals surface area contributed by atoms with Crippen LogP contribution in [-0.2, 0) is 6.54 Å². The summed E-state index contributed by atoms with van der Waals surface area (Å²) < 4.78 is 27.8. The van der Waals surface area contributed by atoms with Crippen LogP contribution in [-0.4, -0.2) is 26.6 Å². The second-order valence-corrected chi connectivity index (χ2v) is 7.72. The third-order valence-corrected chi connectivity index (χ3v) is 5.31. The van der Waals surface area contributed by atoms with Crippen LogP contribution in [0.15, 0.2) is 79.1 Å². The molecule has 164 valence electrons. The third-order valence-electron chi connectivity index (χ3n) is 5.07. The Bertz CT molecular complexity index is 1420. The summed E-state index contributed by atoms with van der Waals surface area (Å²) in [6, 6.07) is 21.2. The maximum atomic E-state index is 14.6. The van der Waals surface area contributed by atoms with E-state index in [9.17, 15) is 4.39 Å². The maximum absolute atomic E-state index is 14.6. The molecule has 0 spiro atoms. The molecule has 0 unspecified atom stereocenters. The Balaban J connectivity index is 1.63. The Morgan fingerprint density at radius 2 is 1.73 bits per heavy atom. The van der Waals surface area contributed by atoms with E-state index in [4.69, 9.17) is 21.1 Å². The lowest BCUT2D eigenvalue weighted by atomic mass is 10.2. The molecule has 0 amide bonds. The Labute approximate surface area is 194 Å². The number of benzene rings is 3. The summed E-state index contributed by atoms with van der Waals surface area (Å²) in [5.74, 6) is 1.26. The van der Waals surface area contributed by atoms with Crippen molar-refractivity contribution in [3.63, 3.8) is 0 Å². The number of fused-ring (bicyclic) bond motifs is 1. The predicted octanol–water partition coefficient (Wildman–Crippen LogP) is 6.14. The predicted molar refractivity (Wildman–Crippen MR) is 124 cm³/mol. The molecule has 0 aliphatic heterocycles. The maximum Gasteiger partial charge on any atom is 0.251 e. The normalized spacial score (nSPS) is 11.0. The third kappa shape index (κ3) is 4.36. The zero-order valence-electron chi connectivity index (χ0n) is 17.6. The smallest absolute Gasteiger partial charge is 0.251 e. The van der Waals surface area contributed by atoms with Gasteiger partial charge in [0.2, 0.25) is 0 Å². The van der Waals surface area contributed by atoms with Crippen molar-refractivity contribution < 1.29 is 13.9 Å². The van der Waals surface area contributed by atoms with Crippen molar-refractivity contribution in [2.24, 2.45) is 0 Å². The van der Waals surface area contributed by atoms with Crippen LogP contribution >= 0.6 is 11.6 Å². The average molecular weight is 461 g/mol. The minimum atomic E-state index is -0.481. The van der Waals surface area contributed by atoms with Gasteiger partial charge in [0, 0.05) is 5.02 Å². The first kappa shape index (κ1) is 20.9. The number of ether oxygens (including phenoxy) is 2. The molecule has 6 nitrogen and oxygen atoms in total. The Morgan fingerprint density at radius 3 is 2.48 bits per heavy atom. The number of imidazole rings is 1. The second-order valence-electron chi connectivity index (χ2n) is 7.28. The van der Waals surface area contributed by atoms with Crippen LogP contribution in [0.5, 0.6) is 17.4 Å². The lowest BCUT2D eigenvalue weighted by Gasteiger charge is -2.10. The topological polar surface area (TPSA) is 62.1 Å². The van der Waals surface area contributed by atoms with Crippen LogP contribution < -0.4 is 9.47 Å². The summed E-state index contributed by atoms with van der Waals surface area (Å²) in [6.07, 6.45) is 1.67. The van der Waals surface area contributed by atoms with E-state index in [-0.39, 0.29) is 17.3 Å². The van der Waals surface area contributed by atoms with E-state index in [1.54, 1.807) is 13.4 Å². The van der Waals surface area contributed by atoms with E-state index < -0.39 is 5.82 Å². The van der Waals surface area contributed by atoms with Crippen LogP contribution in [0.3, 0.4) is 0 Å². The number of methoxy groups -OCH3 is 1. The molecule has 0 aliphatic carbocycles. The Hall–Kier alpha value is -3.97. The number of aromatic nitrogens is 4. The Kier molecular flexibility index (Phi) is 5.62. The molecule has 0 bridgehead atoms. The molecule has 0 saturated carbocycles. The molecular formula is C25H18ClFN4O2. The number of halogens is 2. The van der Waals surface area contributed by atoms with E-state index in [1.165, 1.54) is 18.2 Å². The van der Waals surface area contributed by atoms with Crippen molar-refractivity contribution in [3.8, 4) is 28.8 Å². The van der Waals surface area contributed by atoms with E-state index >= 15 is 0 Å². The van der Waals surface area contributed by atoms with Gasteiger partial charge in [-0.05, 0) is 48.0 Å². The van der Waals surface area contributed by atoms with Crippen LogP contribution in [0.1, 0.15) is 5.56 Å².